The number of nitrogens with one attached hydrogen (secondary N) is 2. The number of aromatic amines is 1. The summed E-state index contributed by atoms with van der Waals surface area (Å²) < 4.78 is 16.2. The molecule has 3 aromatic carbocycles. The Morgan fingerprint density at radius 1 is 0.973 bits per heavy atom. The number of fused-ring (bicyclic) bond motifs is 2. The van der Waals surface area contributed by atoms with Gasteiger partial charge in [-0.05, 0) is 41.8 Å². The van der Waals surface area contributed by atoms with Gasteiger partial charge < -0.3 is 24.2 Å². The van der Waals surface area contributed by atoms with Gasteiger partial charge >= 0.3 is 17.7 Å². The third-order valence-corrected chi connectivity index (χ3v) is 6.03. The zero-order valence-electron chi connectivity index (χ0n) is 20.0. The number of H-pyrrole nitrogens is 1. The van der Waals surface area contributed by atoms with E-state index in [-0.39, 0.29) is 18.8 Å². The molecule has 1 unspecified atom stereocenters. The van der Waals surface area contributed by atoms with Crippen LogP contribution in [0.2, 0.25) is 0 Å². The lowest BCUT2D eigenvalue weighted by Crippen LogP contribution is -2.44. The molecule has 2 heterocycles. The molecular formula is C29H24N2O6. The second kappa shape index (κ2) is 10.4. The second-order valence-electron chi connectivity index (χ2n) is 8.65. The van der Waals surface area contributed by atoms with Crippen LogP contribution in [0.25, 0.3) is 21.9 Å². The number of carbonyl (C=O) groups excluding carboxylic acids is 2. The van der Waals surface area contributed by atoms with Crippen molar-refractivity contribution < 1.29 is 23.5 Å². The maximum Gasteiger partial charge on any atom is 0.408 e. The van der Waals surface area contributed by atoms with Crippen LogP contribution in [0.5, 0.6) is 5.75 Å². The Bertz CT molecular complexity index is 1640. The van der Waals surface area contributed by atoms with E-state index in [1.54, 1.807) is 25.3 Å². The van der Waals surface area contributed by atoms with Gasteiger partial charge in [-0.1, -0.05) is 48.5 Å². The van der Waals surface area contributed by atoms with Crippen LogP contribution in [-0.2, 0) is 22.6 Å². The summed E-state index contributed by atoms with van der Waals surface area (Å²) >= 11 is 0. The highest BCUT2D eigenvalue weighted by Gasteiger charge is 2.26. The van der Waals surface area contributed by atoms with Crippen molar-refractivity contribution in [2.24, 2.45) is 0 Å². The number of aromatic nitrogens is 1. The minimum absolute atomic E-state index is 0.0601. The van der Waals surface area contributed by atoms with E-state index < -0.39 is 23.7 Å². The van der Waals surface area contributed by atoms with Crippen LogP contribution in [-0.4, -0.2) is 23.1 Å². The molecule has 186 valence electrons. The molecule has 0 saturated carbocycles. The quantitative estimate of drug-likeness (QED) is 0.186. The molecule has 8 heteroatoms. The molecule has 5 rings (SSSR count). The first-order valence-corrected chi connectivity index (χ1v) is 11.7. The Morgan fingerprint density at radius 2 is 1.76 bits per heavy atom. The van der Waals surface area contributed by atoms with Crippen molar-refractivity contribution in [2.75, 3.05) is 0 Å². The number of aryl methyl sites for hydroxylation is 1. The summed E-state index contributed by atoms with van der Waals surface area (Å²) in [7, 11) is 0. The number of esters is 1. The molecule has 0 radical (unpaired) electrons. The summed E-state index contributed by atoms with van der Waals surface area (Å²) in [4.78, 5) is 40.8. The maximum atomic E-state index is 13.3. The molecule has 8 nitrogen and oxygen atoms in total. The lowest BCUT2D eigenvalue weighted by atomic mass is 10.1. The van der Waals surface area contributed by atoms with Gasteiger partial charge in [-0.2, -0.15) is 0 Å². The summed E-state index contributed by atoms with van der Waals surface area (Å²) in [5, 5.41) is 4.31. The average molecular weight is 497 g/mol. The lowest BCUT2D eigenvalue weighted by molar-refractivity contribution is -0.136. The fourth-order valence-electron chi connectivity index (χ4n) is 4.18. The van der Waals surface area contributed by atoms with Crippen molar-refractivity contribution in [3.05, 3.63) is 112 Å². The number of para-hydroxylation sites is 1. The van der Waals surface area contributed by atoms with E-state index in [1.807, 2.05) is 54.6 Å². The minimum atomic E-state index is -1.04. The third-order valence-electron chi connectivity index (χ3n) is 6.03. The van der Waals surface area contributed by atoms with Crippen LogP contribution in [0.3, 0.4) is 0 Å². The minimum Gasteiger partial charge on any atom is -0.445 e. The highest BCUT2D eigenvalue weighted by Crippen LogP contribution is 2.24. The number of ether oxygens (including phenoxy) is 2. The number of benzene rings is 3. The Kier molecular flexibility index (Phi) is 6.72. The number of hydrogen-bond acceptors (Lipinski definition) is 6. The van der Waals surface area contributed by atoms with Gasteiger partial charge in [-0.15, -0.1) is 0 Å². The standard InChI is InChI=1S/C29H24N2O6/c1-18-13-27(32)37-26-15-21(11-12-22(18)26)36-28(33)25(14-20-16-30-24-10-6-5-9-23(20)24)31-29(34)35-17-19-7-3-2-4-8-19/h2-13,15-16,25,30H,14,17H2,1H3,(H,31,34). The van der Waals surface area contributed by atoms with Crippen LogP contribution in [0.15, 0.2) is 94.3 Å². The van der Waals surface area contributed by atoms with Crippen molar-refractivity contribution in [3.63, 3.8) is 0 Å². The van der Waals surface area contributed by atoms with E-state index in [2.05, 4.69) is 10.3 Å². The van der Waals surface area contributed by atoms with Crippen molar-refractivity contribution in [1.29, 1.82) is 0 Å². The van der Waals surface area contributed by atoms with Gasteiger partial charge in [0.05, 0.1) is 0 Å². The van der Waals surface area contributed by atoms with Gasteiger partial charge in [-0.25, -0.2) is 14.4 Å². The first kappa shape index (κ1) is 23.9. The SMILES string of the molecule is Cc1cc(=O)oc2cc(OC(=O)C(Cc3c[nH]c4ccccc34)NC(=O)OCc3ccccc3)ccc12. The topological polar surface area (TPSA) is 111 Å². The predicted molar refractivity (Wildman–Crippen MR) is 138 cm³/mol. The normalized spacial score (nSPS) is 11.8. The van der Waals surface area contributed by atoms with Gasteiger partial charge in [0.2, 0.25) is 0 Å². The first-order valence-electron chi connectivity index (χ1n) is 11.7. The third kappa shape index (κ3) is 5.54. The molecule has 1 amide bonds. The largest absolute Gasteiger partial charge is 0.445 e. The number of rotatable bonds is 7. The smallest absolute Gasteiger partial charge is 0.408 e. The van der Waals surface area contributed by atoms with Crippen LogP contribution in [0, 0.1) is 6.92 Å². The molecule has 5 aromatic rings. The van der Waals surface area contributed by atoms with Crippen LogP contribution >= 0.6 is 0 Å². The zero-order valence-corrected chi connectivity index (χ0v) is 20.0. The van der Waals surface area contributed by atoms with E-state index in [0.717, 1.165) is 33.0 Å². The molecule has 1 atom stereocenters. The average Bonchev–Trinajstić information content (AvgIpc) is 3.30. The number of amides is 1. The molecule has 0 aliphatic rings. The fraction of sp³-hybridized carbons (Fsp3) is 0.138. The molecule has 0 bridgehead atoms. The van der Waals surface area contributed by atoms with Gasteiger partial charge in [-0.3, -0.25) is 0 Å². The lowest BCUT2D eigenvalue weighted by Gasteiger charge is -2.17. The molecule has 2 aromatic heterocycles. The van der Waals surface area contributed by atoms with Crippen LogP contribution in [0.4, 0.5) is 4.79 Å². The van der Waals surface area contributed by atoms with Crippen molar-refractivity contribution in [3.8, 4) is 5.75 Å². The van der Waals surface area contributed by atoms with Crippen LogP contribution < -0.4 is 15.7 Å². The van der Waals surface area contributed by atoms with E-state index in [1.165, 1.54) is 12.1 Å². The molecule has 37 heavy (non-hydrogen) atoms. The molecule has 0 aliphatic heterocycles. The summed E-state index contributed by atoms with van der Waals surface area (Å²) in [5.41, 5.74) is 3.13. The molecule has 0 spiro atoms. The molecular weight excluding hydrogens is 472 g/mol. The second-order valence-corrected chi connectivity index (χ2v) is 8.65. The molecule has 0 aliphatic carbocycles. The summed E-state index contributed by atoms with van der Waals surface area (Å²) in [6.45, 7) is 1.86. The Hall–Kier alpha value is -4.85. The molecule has 0 fully saturated rings. The van der Waals surface area contributed by atoms with Crippen molar-refractivity contribution >= 4 is 33.9 Å². The molecule has 0 saturated heterocycles. The Labute approximate surface area is 211 Å². The fourth-order valence-corrected chi connectivity index (χ4v) is 4.18. The zero-order chi connectivity index (χ0) is 25.8. The van der Waals surface area contributed by atoms with E-state index >= 15 is 0 Å². The van der Waals surface area contributed by atoms with Gasteiger partial charge in [0, 0.05) is 41.0 Å². The van der Waals surface area contributed by atoms with Crippen molar-refractivity contribution in [1.82, 2.24) is 10.3 Å². The number of carbonyl (C=O) groups is 2. The highest BCUT2D eigenvalue weighted by atomic mass is 16.6. The van der Waals surface area contributed by atoms with Crippen LogP contribution in [0.1, 0.15) is 16.7 Å². The Balaban J connectivity index is 1.37. The Morgan fingerprint density at radius 3 is 2.59 bits per heavy atom. The van der Waals surface area contributed by atoms with E-state index in [4.69, 9.17) is 13.9 Å². The predicted octanol–water partition coefficient (Wildman–Crippen LogP) is 5.03. The van der Waals surface area contributed by atoms with Gasteiger partial charge in [0.25, 0.3) is 0 Å². The number of alkyl carbamates (subject to hydrolysis) is 1. The van der Waals surface area contributed by atoms with Gasteiger partial charge in [0.1, 0.15) is 24.0 Å². The first-order chi connectivity index (χ1) is 18.0. The molecule has 2 N–H and O–H groups in total. The van der Waals surface area contributed by atoms with Gasteiger partial charge in [0.15, 0.2) is 0 Å². The summed E-state index contributed by atoms with van der Waals surface area (Å²) in [5.74, 6) is -0.495. The van der Waals surface area contributed by atoms with E-state index in [9.17, 15) is 14.4 Å². The van der Waals surface area contributed by atoms with E-state index in [0.29, 0.717) is 5.58 Å². The highest BCUT2D eigenvalue weighted by molar-refractivity contribution is 5.88. The number of hydrogen-bond donors (Lipinski definition) is 2. The summed E-state index contributed by atoms with van der Waals surface area (Å²) in [6.07, 6.45) is 1.23. The van der Waals surface area contributed by atoms with Crippen molar-refractivity contribution in [2.45, 2.75) is 26.0 Å². The maximum absolute atomic E-state index is 13.3. The summed E-state index contributed by atoms with van der Waals surface area (Å²) in [6, 6.07) is 22.1. The monoisotopic (exact) mass is 496 g/mol.